The summed E-state index contributed by atoms with van der Waals surface area (Å²) < 4.78 is 35.1. The number of rotatable bonds is 46. The minimum atomic E-state index is -4.29. The van der Waals surface area contributed by atoms with Gasteiger partial charge in [0.15, 0.2) is 0 Å². The molecule has 360 valence electrons. The van der Waals surface area contributed by atoms with Crippen LogP contribution in [0.1, 0.15) is 200 Å². The number of unbranched alkanes of at least 4 members (excludes halogenated alkanes) is 20. The van der Waals surface area contributed by atoms with E-state index in [1.165, 1.54) is 109 Å². The van der Waals surface area contributed by atoms with Crippen LogP contribution in [0.3, 0.4) is 0 Å². The molecule has 0 fully saturated rings. The standard InChI is InChI=1S/C53H96NO7P/c1-6-8-10-12-14-16-18-20-22-24-26-27-28-30-32-34-36-38-40-42-44-46-53(55)61-52(51-60-62(56,57)59-49-47-54(3,4)5)50-58-48-45-43-41-39-37-35-33-31-29-25-23-21-19-17-15-13-11-9-7-2/h8,10,14,16-17,19-20,22-23,25-27,52H,6-7,9,11-13,15,18,21,24,28-51H2,1-5H3/p+1/b10-8-,16-14-,19-17-,22-20-,25-23-,27-26-. The van der Waals surface area contributed by atoms with E-state index in [4.69, 9.17) is 18.5 Å². The molecule has 8 nitrogen and oxygen atoms in total. The zero-order chi connectivity index (χ0) is 45.5. The number of carbonyl (C=O) groups is 1. The number of ether oxygens (including phenoxy) is 2. The molecule has 0 bridgehead atoms. The highest BCUT2D eigenvalue weighted by atomic mass is 31.2. The average Bonchev–Trinajstić information content (AvgIpc) is 3.23. The van der Waals surface area contributed by atoms with Crippen molar-refractivity contribution in [2.75, 3.05) is 54.1 Å². The molecule has 0 aromatic carbocycles. The Morgan fingerprint density at radius 1 is 0.516 bits per heavy atom. The van der Waals surface area contributed by atoms with E-state index in [1.54, 1.807) is 0 Å². The molecule has 0 heterocycles. The van der Waals surface area contributed by atoms with Gasteiger partial charge < -0.3 is 18.9 Å². The number of quaternary nitrogens is 1. The Hall–Kier alpha value is -2.06. The average molecular weight is 891 g/mol. The molecule has 9 heteroatoms. The van der Waals surface area contributed by atoms with Crippen LogP contribution in [0, 0.1) is 0 Å². The van der Waals surface area contributed by atoms with Crippen molar-refractivity contribution in [3.63, 3.8) is 0 Å². The number of phosphoric acid groups is 1. The molecule has 0 aromatic heterocycles. The molecule has 0 aliphatic rings. The van der Waals surface area contributed by atoms with Crippen LogP contribution in [0.4, 0.5) is 0 Å². The summed E-state index contributed by atoms with van der Waals surface area (Å²) in [5, 5.41) is 0. The van der Waals surface area contributed by atoms with E-state index >= 15 is 0 Å². The van der Waals surface area contributed by atoms with Crippen LogP contribution in [0.25, 0.3) is 0 Å². The first kappa shape index (κ1) is 59.9. The zero-order valence-electron chi connectivity index (χ0n) is 40.8. The van der Waals surface area contributed by atoms with Crippen molar-refractivity contribution in [1.29, 1.82) is 0 Å². The zero-order valence-corrected chi connectivity index (χ0v) is 41.7. The molecule has 0 saturated carbocycles. The van der Waals surface area contributed by atoms with Crippen molar-refractivity contribution >= 4 is 13.8 Å². The Bertz CT molecular complexity index is 1220. The number of likely N-dealkylation sites (N-methyl/N-ethyl adjacent to an activating group) is 1. The van der Waals surface area contributed by atoms with Crippen LogP contribution in [0.2, 0.25) is 0 Å². The summed E-state index contributed by atoms with van der Waals surface area (Å²) in [5.74, 6) is -0.326. The number of hydrogen-bond donors (Lipinski definition) is 1. The molecule has 0 amide bonds. The minimum absolute atomic E-state index is 0.0824. The molecular weight excluding hydrogens is 794 g/mol. The van der Waals surface area contributed by atoms with E-state index < -0.39 is 13.9 Å². The quantitative estimate of drug-likeness (QED) is 0.0214. The van der Waals surface area contributed by atoms with Gasteiger partial charge in [0, 0.05) is 13.0 Å². The Morgan fingerprint density at radius 3 is 1.40 bits per heavy atom. The SMILES string of the molecule is CC/C=C\C/C=C\C/C=C\C/C=C\CCCCCCCCCCC(=O)OC(COCCCCCCCCCC/C=C\C/C=C\CCCCCC)COP(=O)(O)OCC[N+](C)(C)C. The summed E-state index contributed by atoms with van der Waals surface area (Å²) in [7, 11) is 1.65. The van der Waals surface area contributed by atoms with Crippen LogP contribution >= 0.6 is 7.82 Å². The monoisotopic (exact) mass is 891 g/mol. The van der Waals surface area contributed by atoms with E-state index in [0.717, 1.165) is 70.6 Å². The number of allylic oxidation sites excluding steroid dienone is 12. The largest absolute Gasteiger partial charge is 0.472 e. The molecule has 0 saturated heterocycles. The van der Waals surface area contributed by atoms with Crippen LogP contribution in [0.5, 0.6) is 0 Å². The van der Waals surface area contributed by atoms with E-state index in [0.29, 0.717) is 24.1 Å². The smallest absolute Gasteiger partial charge is 0.457 e. The first-order chi connectivity index (χ1) is 30.1. The van der Waals surface area contributed by atoms with Gasteiger partial charge in [-0.3, -0.25) is 13.8 Å². The van der Waals surface area contributed by atoms with Gasteiger partial charge in [-0.15, -0.1) is 0 Å². The lowest BCUT2D eigenvalue weighted by atomic mass is 10.1. The van der Waals surface area contributed by atoms with Gasteiger partial charge in [-0.05, 0) is 83.5 Å². The number of hydrogen-bond acceptors (Lipinski definition) is 6. The summed E-state index contributed by atoms with van der Waals surface area (Å²) in [6.07, 6.45) is 59.4. The third kappa shape index (κ3) is 49.0. The topological polar surface area (TPSA) is 91.3 Å². The summed E-state index contributed by atoms with van der Waals surface area (Å²) in [4.78, 5) is 23.0. The number of carbonyl (C=O) groups excluding carboxylic acids is 1. The fourth-order valence-corrected chi connectivity index (χ4v) is 7.37. The lowest BCUT2D eigenvalue weighted by Crippen LogP contribution is -2.37. The van der Waals surface area contributed by atoms with Gasteiger partial charge in [0.1, 0.15) is 19.3 Å². The maximum Gasteiger partial charge on any atom is 0.472 e. The van der Waals surface area contributed by atoms with Crippen molar-refractivity contribution in [2.24, 2.45) is 0 Å². The molecular formula is C53H97NO7P+. The van der Waals surface area contributed by atoms with Crippen molar-refractivity contribution < 1.29 is 37.3 Å². The van der Waals surface area contributed by atoms with Gasteiger partial charge in [0.25, 0.3) is 0 Å². The Morgan fingerprint density at radius 2 is 0.935 bits per heavy atom. The second-order valence-electron chi connectivity index (χ2n) is 17.8. The molecule has 2 atom stereocenters. The highest BCUT2D eigenvalue weighted by Crippen LogP contribution is 2.43. The predicted molar refractivity (Wildman–Crippen MR) is 265 cm³/mol. The maximum atomic E-state index is 12.8. The highest BCUT2D eigenvalue weighted by Gasteiger charge is 2.26. The molecule has 0 aliphatic carbocycles. The Labute approximate surface area is 383 Å². The Balaban J connectivity index is 4.20. The lowest BCUT2D eigenvalue weighted by Gasteiger charge is -2.24. The van der Waals surface area contributed by atoms with Crippen LogP contribution in [0.15, 0.2) is 72.9 Å². The summed E-state index contributed by atoms with van der Waals surface area (Å²) in [6.45, 7) is 5.47. The number of nitrogens with zero attached hydrogens (tertiary/aromatic N) is 1. The molecule has 0 radical (unpaired) electrons. The summed E-state index contributed by atoms with van der Waals surface area (Å²) in [5.41, 5.74) is 0. The van der Waals surface area contributed by atoms with E-state index in [-0.39, 0.29) is 25.8 Å². The normalized spacial score (nSPS) is 14.2. The maximum absolute atomic E-state index is 12.8. The van der Waals surface area contributed by atoms with Gasteiger partial charge in [0.05, 0.1) is 34.4 Å². The van der Waals surface area contributed by atoms with Gasteiger partial charge >= 0.3 is 13.8 Å². The van der Waals surface area contributed by atoms with Gasteiger partial charge in [-0.1, -0.05) is 183 Å². The third-order valence-corrected chi connectivity index (χ3v) is 11.5. The Kier molecular flexibility index (Phi) is 44.0. The number of esters is 1. The summed E-state index contributed by atoms with van der Waals surface area (Å²) >= 11 is 0. The fraction of sp³-hybridized carbons (Fsp3) is 0.755. The van der Waals surface area contributed by atoms with Crippen molar-refractivity contribution in [1.82, 2.24) is 0 Å². The lowest BCUT2D eigenvalue weighted by molar-refractivity contribution is -0.870. The first-order valence-electron chi connectivity index (χ1n) is 25.2. The molecule has 0 rings (SSSR count). The summed E-state index contributed by atoms with van der Waals surface area (Å²) in [6, 6.07) is 0. The molecule has 1 N–H and O–H groups in total. The minimum Gasteiger partial charge on any atom is -0.457 e. The second kappa shape index (κ2) is 45.5. The van der Waals surface area contributed by atoms with Gasteiger partial charge in [-0.2, -0.15) is 0 Å². The third-order valence-electron chi connectivity index (χ3n) is 10.5. The fourth-order valence-electron chi connectivity index (χ4n) is 6.63. The van der Waals surface area contributed by atoms with Crippen LogP contribution < -0.4 is 0 Å². The molecule has 0 spiro atoms. The number of phosphoric ester groups is 1. The van der Waals surface area contributed by atoms with E-state index in [2.05, 4.69) is 86.8 Å². The molecule has 62 heavy (non-hydrogen) atoms. The van der Waals surface area contributed by atoms with Crippen molar-refractivity contribution in [3.05, 3.63) is 72.9 Å². The van der Waals surface area contributed by atoms with Gasteiger partial charge in [-0.25, -0.2) is 4.57 Å². The van der Waals surface area contributed by atoms with Crippen LogP contribution in [-0.4, -0.2) is 75.6 Å². The van der Waals surface area contributed by atoms with Crippen molar-refractivity contribution in [2.45, 2.75) is 206 Å². The molecule has 0 aliphatic heterocycles. The van der Waals surface area contributed by atoms with Crippen LogP contribution in [-0.2, 0) is 27.9 Å². The van der Waals surface area contributed by atoms with E-state index in [9.17, 15) is 14.3 Å². The first-order valence-corrected chi connectivity index (χ1v) is 26.7. The predicted octanol–water partition coefficient (Wildman–Crippen LogP) is 15.4. The highest BCUT2D eigenvalue weighted by molar-refractivity contribution is 7.47. The van der Waals surface area contributed by atoms with Crippen molar-refractivity contribution in [3.8, 4) is 0 Å². The molecule has 0 aromatic rings. The second-order valence-corrected chi connectivity index (χ2v) is 19.3. The molecule has 2 unspecified atom stereocenters. The van der Waals surface area contributed by atoms with Gasteiger partial charge in [0.2, 0.25) is 0 Å². The van der Waals surface area contributed by atoms with E-state index in [1.807, 2.05) is 21.1 Å².